The van der Waals surface area contributed by atoms with Gasteiger partial charge in [0.15, 0.2) is 17.3 Å². The summed E-state index contributed by atoms with van der Waals surface area (Å²) in [4.78, 5) is 56.0. The number of phenols is 1. The average Bonchev–Trinajstić information content (AvgIpc) is 1.72. The first-order valence-corrected chi connectivity index (χ1v) is 40.6. The summed E-state index contributed by atoms with van der Waals surface area (Å²) in [7, 11) is -2.76. The van der Waals surface area contributed by atoms with Crippen molar-refractivity contribution in [2.45, 2.75) is 68.2 Å². The van der Waals surface area contributed by atoms with E-state index in [0.29, 0.717) is 61.7 Å². The lowest BCUT2D eigenvalue weighted by Crippen LogP contribution is -2.28. The molecule has 2 saturated heterocycles. The van der Waals surface area contributed by atoms with Crippen molar-refractivity contribution in [1.82, 2.24) is 15.0 Å². The number of nitrogens with one attached hydrogen (secondary N) is 3. The van der Waals surface area contributed by atoms with Crippen molar-refractivity contribution in [3.05, 3.63) is 359 Å². The number of nitrogens with zero attached hydrogens (tertiary/aromatic N) is 2. The molecule has 2 aliphatic rings. The number of phenolic OH excluding ortho intramolecular Hbond substituents is 1. The summed E-state index contributed by atoms with van der Waals surface area (Å²) in [5, 5.41) is 13.6. The Morgan fingerprint density at radius 3 is 1.06 bits per heavy atom. The Balaban J connectivity index is 0.000000140. The number of H-pyrrole nitrogens is 3. The van der Waals surface area contributed by atoms with Gasteiger partial charge in [0.1, 0.15) is 40.4 Å². The van der Waals surface area contributed by atoms with Crippen molar-refractivity contribution in [2.75, 3.05) is 50.2 Å². The third-order valence-corrected chi connectivity index (χ3v) is 23.0. The van der Waals surface area contributed by atoms with Crippen LogP contribution in [0.5, 0.6) is 23.0 Å². The minimum atomic E-state index is -5.80. The summed E-state index contributed by atoms with van der Waals surface area (Å²) >= 11 is 0. The monoisotopic (exact) mass is 1620 g/mol. The highest BCUT2D eigenvalue weighted by molar-refractivity contribution is 7.88. The molecule has 2 aliphatic heterocycles. The highest BCUT2D eigenvalue weighted by Crippen LogP contribution is 2.42. The smallest absolute Gasteiger partial charge is 0.508 e. The van der Waals surface area contributed by atoms with E-state index in [-0.39, 0.29) is 48.2 Å². The first-order valence-electron chi connectivity index (χ1n) is 39.2. The van der Waals surface area contributed by atoms with Crippen LogP contribution in [0.3, 0.4) is 0 Å². The average molecular weight is 1620 g/mol. The van der Waals surface area contributed by atoms with E-state index in [9.17, 15) is 54.3 Å². The van der Waals surface area contributed by atoms with Crippen molar-refractivity contribution in [3.63, 3.8) is 0 Å². The largest absolute Gasteiger partial charge is 0.534 e. The van der Waals surface area contributed by atoms with E-state index in [4.69, 9.17) is 9.47 Å². The molecule has 2 fully saturated rings. The topological polar surface area (TPSA) is 187 Å². The van der Waals surface area contributed by atoms with Gasteiger partial charge in [0.05, 0.1) is 14.2 Å². The lowest BCUT2D eigenvalue weighted by molar-refractivity contribution is -0.0500. The van der Waals surface area contributed by atoms with E-state index in [0.717, 1.165) is 105 Å². The Kier molecular flexibility index (Phi) is 24.2. The normalized spacial score (nSPS) is 13.6. The molecule has 12 aromatic carbocycles. The highest BCUT2D eigenvalue weighted by atomic mass is 32.2. The van der Waals surface area contributed by atoms with Gasteiger partial charge >= 0.3 is 15.6 Å². The number of para-hydroxylation sites is 3. The lowest BCUT2D eigenvalue weighted by Gasteiger charge is -2.19. The Hall–Kier alpha value is -13.4. The maximum atomic E-state index is 14.4. The number of Topliss-reactive ketones (excluding diaryl/α,β-unsaturated/α-hetero) is 3. The fourth-order valence-corrected chi connectivity index (χ4v) is 16.3. The van der Waals surface area contributed by atoms with E-state index in [1.807, 2.05) is 140 Å². The Morgan fingerprint density at radius 1 is 0.387 bits per heavy atom. The van der Waals surface area contributed by atoms with Gasteiger partial charge in [-0.05, 0) is 221 Å². The van der Waals surface area contributed by atoms with Crippen molar-refractivity contribution < 1.29 is 67.9 Å². The maximum Gasteiger partial charge on any atom is 0.534 e. The van der Waals surface area contributed by atoms with Crippen molar-refractivity contribution in [1.29, 1.82) is 0 Å². The first-order chi connectivity index (χ1) is 57.6. The maximum absolute atomic E-state index is 14.4. The molecule has 119 heavy (non-hydrogen) atoms. The molecule has 21 heteroatoms. The number of alkyl halides is 3. The number of aromatic nitrogens is 3. The minimum absolute atomic E-state index is 0.0134. The van der Waals surface area contributed by atoms with Gasteiger partial charge in [-0.25, -0.2) is 13.2 Å². The van der Waals surface area contributed by atoms with Crippen molar-refractivity contribution in [2.24, 2.45) is 0 Å². The van der Waals surface area contributed by atoms with E-state index in [2.05, 4.69) is 77.5 Å². The van der Waals surface area contributed by atoms with Crippen LogP contribution in [0.4, 0.5) is 37.7 Å². The number of fused-ring (bicyclic) bond motifs is 3. The van der Waals surface area contributed by atoms with Crippen LogP contribution in [-0.2, 0) is 10.1 Å². The SMILES string of the molecule is COc1ccc(F)cc1[C@@H](CC(=O)c1cccc(-c2ccc(N3CCCC3)cc2)c1)c1cc2ccccc2[nH]1.COc1ccc(F)cc1[C@@H](CC(=O)c1cccc(-c2ccc(OS(=O)(=O)C(F)(F)F)cc2)c1)c1cc2ccccc2[nH]1.O=C(C[C@@H](c1cc2ccccc2[nH]1)c1cc(F)ccc1O)c1cccc(-c2ccc(N3CCCC3)cc2)c1. The minimum Gasteiger partial charge on any atom is -0.508 e. The molecule has 0 spiro atoms. The van der Waals surface area contributed by atoms with Gasteiger partial charge < -0.3 is 43.5 Å². The summed E-state index contributed by atoms with van der Waals surface area (Å²) in [5.41, 5.74) is 10.3. The predicted molar refractivity (Wildman–Crippen MR) is 455 cm³/mol. The zero-order chi connectivity index (χ0) is 82.9. The van der Waals surface area contributed by atoms with Gasteiger partial charge in [-0.1, -0.05) is 146 Å². The second-order valence-electron chi connectivity index (χ2n) is 29.7. The molecule has 15 aromatic rings. The van der Waals surface area contributed by atoms with Crippen LogP contribution in [-0.4, -0.2) is 91.7 Å². The molecule has 3 aromatic heterocycles. The Bertz CT molecular complexity index is 6190. The molecular weight excluding hydrogens is 1540 g/mol. The number of anilines is 2. The third kappa shape index (κ3) is 18.7. The predicted octanol–water partition coefficient (Wildman–Crippen LogP) is 23.3. The molecular formula is C98H83F6N5O9S. The van der Waals surface area contributed by atoms with E-state index >= 15 is 0 Å². The zero-order valence-electron chi connectivity index (χ0n) is 65.0. The van der Waals surface area contributed by atoms with Gasteiger partial charge in [-0.2, -0.15) is 21.6 Å². The molecule has 17 rings (SSSR count). The van der Waals surface area contributed by atoms with E-state index < -0.39 is 50.8 Å². The van der Waals surface area contributed by atoms with Crippen LogP contribution in [0, 0.1) is 17.5 Å². The fourth-order valence-electron chi connectivity index (χ4n) is 15.9. The fraction of sp³-hybridized carbons (Fsp3) is 0.173. The number of benzene rings is 12. The number of ketones is 3. The number of methoxy groups -OCH3 is 2. The van der Waals surface area contributed by atoms with Gasteiger partial charge in [-0.3, -0.25) is 14.4 Å². The number of aromatic hydroxyl groups is 1. The lowest BCUT2D eigenvalue weighted by atomic mass is 9.87. The summed E-state index contributed by atoms with van der Waals surface area (Å²) in [5.74, 6) is -2.70. The van der Waals surface area contributed by atoms with E-state index in [1.165, 1.54) is 105 Å². The standard InChI is InChI=1S/C34H31FN2O2.C33H29FN2O2.C31H23F4NO5S/c1-39-34-16-13-27(35)21-30(34)29(32-20-25-7-2-3-10-31(25)36-32)22-33(38)26-9-6-8-24(19-26)23-11-14-28(15-12-23)37-17-4-5-18-37;34-26-12-15-32(37)29(20-26)28(31-19-24-6-1-2-9-30(24)35-31)21-33(38)25-8-5-7-23(18-25)22-10-13-27(14-11-22)36-16-3-4-17-36;1-40-30-14-11-23(32)17-26(30)25(28-16-21-5-2-3-8-27(21)36-28)18-29(37)22-7-4-6-20(15-22)19-9-12-24(13-10-19)41-42(38,39)31(33,34)35/h2-3,6-16,19-21,29,36H,4-5,17-18,22H2,1H3;1-2,5-15,18-20,28,35,37H,3-4,16-17,21H2;2-17,25,36H,18H2,1H3/t29-;28-;25-/m111/s1. The third-order valence-electron chi connectivity index (χ3n) is 22.0. The summed E-state index contributed by atoms with van der Waals surface area (Å²) in [6.07, 6.45) is 5.18. The molecule has 0 saturated carbocycles. The summed E-state index contributed by atoms with van der Waals surface area (Å²) in [6, 6.07) is 85.9. The first kappa shape index (κ1) is 80.8. The van der Waals surface area contributed by atoms with Gasteiger partial charge in [0.25, 0.3) is 0 Å². The van der Waals surface area contributed by atoms with Gasteiger partial charge in [0.2, 0.25) is 0 Å². The number of carbonyl (C=O) groups excluding carboxylic acids is 3. The Labute approximate surface area is 684 Å². The number of carbonyl (C=O) groups is 3. The number of ether oxygens (including phenoxy) is 2. The Morgan fingerprint density at radius 2 is 0.714 bits per heavy atom. The molecule has 3 atom stereocenters. The van der Waals surface area contributed by atoms with Crippen LogP contribution in [0.15, 0.2) is 291 Å². The second-order valence-corrected chi connectivity index (χ2v) is 31.2. The number of rotatable bonds is 24. The van der Waals surface area contributed by atoms with Crippen molar-refractivity contribution in [3.8, 4) is 56.4 Å². The molecule has 0 bridgehead atoms. The van der Waals surface area contributed by atoms with Gasteiger partial charge in [-0.15, -0.1) is 0 Å². The number of hydrogen-bond donors (Lipinski definition) is 4. The van der Waals surface area contributed by atoms with E-state index in [1.54, 1.807) is 37.4 Å². The van der Waals surface area contributed by atoms with Gasteiger partial charge in [0, 0.05) is 142 Å². The summed E-state index contributed by atoms with van der Waals surface area (Å²) in [6.45, 7) is 4.41. The second kappa shape index (κ2) is 35.6. The number of halogens is 6. The van der Waals surface area contributed by atoms with Crippen LogP contribution in [0.2, 0.25) is 0 Å². The molecule has 0 radical (unpaired) electrons. The molecule has 5 heterocycles. The quantitative estimate of drug-likeness (QED) is 0.0195. The molecule has 4 N–H and O–H groups in total. The number of hydrogen-bond acceptors (Lipinski definition) is 11. The highest BCUT2D eigenvalue weighted by Gasteiger charge is 2.48. The molecule has 14 nitrogen and oxygen atoms in total. The number of aromatic amines is 3. The molecule has 602 valence electrons. The van der Waals surface area contributed by atoms with Crippen LogP contribution >= 0.6 is 0 Å². The van der Waals surface area contributed by atoms with Crippen LogP contribution in [0.1, 0.15) is 128 Å². The van der Waals surface area contributed by atoms with Crippen LogP contribution in [0.25, 0.3) is 66.1 Å². The molecule has 0 unspecified atom stereocenters. The molecule has 0 aliphatic carbocycles. The van der Waals surface area contributed by atoms with Crippen LogP contribution < -0.4 is 23.5 Å². The van der Waals surface area contributed by atoms with Crippen molar-refractivity contribution >= 4 is 71.6 Å². The molecule has 0 amide bonds. The zero-order valence-corrected chi connectivity index (χ0v) is 65.8. The summed E-state index contributed by atoms with van der Waals surface area (Å²) < 4.78 is 119.